The molecule has 0 unspecified atom stereocenters. The maximum absolute atomic E-state index is 11.7. The quantitative estimate of drug-likeness (QED) is 0.626. The highest BCUT2D eigenvalue weighted by atomic mass is 79.9. The fraction of sp³-hybridized carbons (Fsp3) is 0.364. The second-order valence-corrected chi connectivity index (χ2v) is 4.40. The fourth-order valence-electron chi connectivity index (χ4n) is 1.26. The van der Waals surface area contributed by atoms with Crippen LogP contribution in [0, 0.1) is 6.92 Å². The number of carbonyl (C=O) groups is 1. The number of halogens is 2. The maximum Gasteiger partial charge on any atom is 0.167 e. The van der Waals surface area contributed by atoms with Crippen molar-refractivity contribution >= 4 is 33.3 Å². The summed E-state index contributed by atoms with van der Waals surface area (Å²) in [4.78, 5) is 11.7. The molecule has 1 rings (SSSR count). The summed E-state index contributed by atoms with van der Waals surface area (Å²) < 4.78 is 6.07. The molecule has 0 bridgehead atoms. The lowest BCUT2D eigenvalue weighted by Gasteiger charge is -2.09. The SMILES string of the molecule is COc1cc(C)c(Br)cc1C(=O)CCCl. The Hall–Kier alpha value is -0.540. The summed E-state index contributed by atoms with van der Waals surface area (Å²) in [6.07, 6.45) is 0.327. The minimum atomic E-state index is 0.00236. The number of hydrogen-bond donors (Lipinski definition) is 0. The van der Waals surface area contributed by atoms with Crippen LogP contribution in [-0.4, -0.2) is 18.8 Å². The highest BCUT2D eigenvalue weighted by Crippen LogP contribution is 2.27. The van der Waals surface area contributed by atoms with Gasteiger partial charge < -0.3 is 4.74 Å². The number of carbonyl (C=O) groups excluding carboxylic acids is 1. The van der Waals surface area contributed by atoms with E-state index in [0.29, 0.717) is 23.6 Å². The number of methoxy groups -OCH3 is 1. The molecule has 0 atom stereocenters. The van der Waals surface area contributed by atoms with Gasteiger partial charge in [-0.25, -0.2) is 0 Å². The van der Waals surface area contributed by atoms with Crippen molar-refractivity contribution in [2.45, 2.75) is 13.3 Å². The van der Waals surface area contributed by atoms with Gasteiger partial charge in [0.15, 0.2) is 5.78 Å². The molecule has 0 radical (unpaired) electrons. The zero-order valence-corrected chi connectivity index (χ0v) is 11.0. The van der Waals surface area contributed by atoms with Gasteiger partial charge in [-0.1, -0.05) is 15.9 Å². The van der Waals surface area contributed by atoms with Crippen molar-refractivity contribution in [3.8, 4) is 5.75 Å². The number of ether oxygens (including phenoxy) is 1. The first-order valence-electron chi connectivity index (χ1n) is 4.53. The molecule has 2 nitrogen and oxygen atoms in total. The van der Waals surface area contributed by atoms with Crippen LogP contribution < -0.4 is 4.74 Å². The third-order valence-corrected chi connectivity index (χ3v) is 3.15. The Morgan fingerprint density at radius 1 is 1.53 bits per heavy atom. The van der Waals surface area contributed by atoms with Gasteiger partial charge in [-0.15, -0.1) is 11.6 Å². The van der Waals surface area contributed by atoms with Gasteiger partial charge in [-0.3, -0.25) is 4.79 Å². The summed E-state index contributed by atoms with van der Waals surface area (Å²) in [5.74, 6) is 0.932. The van der Waals surface area contributed by atoms with Crippen LogP contribution in [-0.2, 0) is 0 Å². The Balaban J connectivity index is 3.15. The molecule has 0 aromatic heterocycles. The summed E-state index contributed by atoms with van der Waals surface area (Å²) in [5, 5.41) is 0. The van der Waals surface area contributed by atoms with Crippen LogP contribution in [0.5, 0.6) is 5.75 Å². The van der Waals surface area contributed by atoms with E-state index in [9.17, 15) is 4.79 Å². The molecule has 0 spiro atoms. The van der Waals surface area contributed by atoms with E-state index in [1.165, 1.54) is 0 Å². The van der Waals surface area contributed by atoms with Crippen LogP contribution in [0.1, 0.15) is 22.3 Å². The molecule has 0 aliphatic carbocycles. The van der Waals surface area contributed by atoms with E-state index in [1.807, 2.05) is 13.0 Å². The topological polar surface area (TPSA) is 26.3 Å². The number of alkyl halides is 1. The molecule has 15 heavy (non-hydrogen) atoms. The van der Waals surface area contributed by atoms with E-state index < -0.39 is 0 Å². The molecule has 0 N–H and O–H groups in total. The van der Waals surface area contributed by atoms with E-state index >= 15 is 0 Å². The van der Waals surface area contributed by atoms with Crippen molar-refractivity contribution in [3.05, 3.63) is 27.7 Å². The van der Waals surface area contributed by atoms with E-state index in [0.717, 1.165) is 10.0 Å². The van der Waals surface area contributed by atoms with Crippen LogP contribution in [0.25, 0.3) is 0 Å². The lowest BCUT2D eigenvalue weighted by Crippen LogP contribution is -2.03. The molecule has 82 valence electrons. The lowest BCUT2D eigenvalue weighted by molar-refractivity contribution is 0.0986. The highest BCUT2D eigenvalue weighted by molar-refractivity contribution is 9.10. The summed E-state index contributed by atoms with van der Waals surface area (Å²) in [6.45, 7) is 1.95. The first kappa shape index (κ1) is 12.5. The van der Waals surface area contributed by atoms with Gasteiger partial charge in [0.1, 0.15) is 5.75 Å². The Morgan fingerprint density at radius 2 is 2.20 bits per heavy atom. The maximum atomic E-state index is 11.7. The second kappa shape index (κ2) is 5.52. The Bertz CT molecular complexity index is 377. The Morgan fingerprint density at radius 3 is 2.73 bits per heavy atom. The van der Waals surface area contributed by atoms with Gasteiger partial charge in [0, 0.05) is 16.8 Å². The van der Waals surface area contributed by atoms with Crippen LogP contribution in [0.4, 0.5) is 0 Å². The largest absolute Gasteiger partial charge is 0.496 e. The average Bonchev–Trinajstić information content (AvgIpc) is 2.21. The zero-order chi connectivity index (χ0) is 11.4. The smallest absolute Gasteiger partial charge is 0.167 e. The van der Waals surface area contributed by atoms with Gasteiger partial charge in [0.05, 0.1) is 12.7 Å². The fourth-order valence-corrected chi connectivity index (χ4v) is 1.78. The van der Waals surface area contributed by atoms with Crippen LogP contribution in [0.2, 0.25) is 0 Å². The molecule has 0 aliphatic heterocycles. The van der Waals surface area contributed by atoms with E-state index in [-0.39, 0.29) is 5.78 Å². The second-order valence-electron chi connectivity index (χ2n) is 3.16. The molecule has 0 heterocycles. The van der Waals surface area contributed by atoms with E-state index in [4.69, 9.17) is 16.3 Å². The van der Waals surface area contributed by atoms with Gasteiger partial charge in [0.2, 0.25) is 0 Å². The Kier molecular flexibility index (Phi) is 4.61. The molecular formula is C11H12BrClO2. The molecule has 0 saturated carbocycles. The Labute approximate surface area is 103 Å². The van der Waals surface area contributed by atoms with Crippen LogP contribution in [0.3, 0.4) is 0 Å². The predicted octanol–water partition coefficient (Wildman–Crippen LogP) is 3.58. The van der Waals surface area contributed by atoms with Crippen LogP contribution >= 0.6 is 27.5 Å². The first-order chi connectivity index (χ1) is 7.10. The standard InChI is InChI=1S/C11H12BrClO2/c1-7-5-11(15-2)8(6-9(7)12)10(14)3-4-13/h5-6H,3-4H2,1-2H3. The summed E-state index contributed by atoms with van der Waals surface area (Å²) >= 11 is 8.93. The summed E-state index contributed by atoms with van der Waals surface area (Å²) in [6, 6.07) is 3.62. The van der Waals surface area contributed by atoms with Crippen molar-refractivity contribution in [1.82, 2.24) is 0 Å². The van der Waals surface area contributed by atoms with Gasteiger partial charge in [-0.05, 0) is 24.6 Å². The first-order valence-corrected chi connectivity index (χ1v) is 5.86. The number of benzene rings is 1. The normalized spacial score (nSPS) is 10.1. The van der Waals surface area contributed by atoms with Gasteiger partial charge >= 0.3 is 0 Å². The third-order valence-electron chi connectivity index (χ3n) is 2.10. The third kappa shape index (κ3) is 2.95. The molecular weight excluding hydrogens is 279 g/mol. The minimum absolute atomic E-state index is 0.00236. The molecule has 0 fully saturated rings. The molecule has 0 aliphatic rings. The van der Waals surface area contributed by atoms with E-state index in [1.54, 1.807) is 13.2 Å². The number of hydrogen-bond acceptors (Lipinski definition) is 2. The number of rotatable bonds is 4. The number of ketones is 1. The van der Waals surface area contributed by atoms with Crippen molar-refractivity contribution in [1.29, 1.82) is 0 Å². The highest BCUT2D eigenvalue weighted by Gasteiger charge is 2.13. The number of aryl methyl sites for hydroxylation is 1. The average molecular weight is 292 g/mol. The summed E-state index contributed by atoms with van der Waals surface area (Å²) in [7, 11) is 1.56. The van der Waals surface area contributed by atoms with E-state index in [2.05, 4.69) is 15.9 Å². The molecule has 0 amide bonds. The van der Waals surface area contributed by atoms with Crippen LogP contribution in [0.15, 0.2) is 16.6 Å². The molecule has 1 aromatic carbocycles. The van der Waals surface area contributed by atoms with Gasteiger partial charge in [-0.2, -0.15) is 0 Å². The van der Waals surface area contributed by atoms with Crippen molar-refractivity contribution in [2.75, 3.05) is 13.0 Å². The molecule has 4 heteroatoms. The zero-order valence-electron chi connectivity index (χ0n) is 8.64. The number of Topliss-reactive ketones (excluding diaryl/α,β-unsaturated/α-hetero) is 1. The molecule has 0 saturated heterocycles. The van der Waals surface area contributed by atoms with Crippen molar-refractivity contribution in [2.24, 2.45) is 0 Å². The molecule has 1 aromatic rings. The van der Waals surface area contributed by atoms with Gasteiger partial charge in [0.25, 0.3) is 0 Å². The van der Waals surface area contributed by atoms with Crippen molar-refractivity contribution < 1.29 is 9.53 Å². The predicted molar refractivity (Wildman–Crippen MR) is 65.1 cm³/mol. The minimum Gasteiger partial charge on any atom is -0.496 e. The lowest BCUT2D eigenvalue weighted by atomic mass is 10.1. The van der Waals surface area contributed by atoms with Crippen molar-refractivity contribution in [3.63, 3.8) is 0 Å². The monoisotopic (exact) mass is 290 g/mol. The summed E-state index contributed by atoms with van der Waals surface area (Å²) in [5.41, 5.74) is 1.62.